The van der Waals surface area contributed by atoms with Gasteiger partial charge in [0.25, 0.3) is 11.2 Å². The van der Waals surface area contributed by atoms with Gasteiger partial charge < -0.3 is 14.2 Å². The first-order valence-electron chi connectivity index (χ1n) is 12.9. The molecule has 11 heteroatoms. The average Bonchev–Trinajstić information content (AvgIpc) is 3.21. The van der Waals surface area contributed by atoms with Gasteiger partial charge in [-0.25, -0.2) is 9.79 Å². The van der Waals surface area contributed by atoms with Crippen LogP contribution in [0.4, 0.5) is 5.69 Å². The van der Waals surface area contributed by atoms with Crippen LogP contribution >= 0.6 is 11.3 Å². The van der Waals surface area contributed by atoms with Crippen molar-refractivity contribution in [2.45, 2.75) is 52.7 Å². The summed E-state index contributed by atoms with van der Waals surface area (Å²) in [6.07, 6.45) is 3.08. The monoisotopic (exact) mass is 565 g/mol. The van der Waals surface area contributed by atoms with E-state index in [2.05, 4.69) is 11.9 Å². The molecule has 1 aliphatic rings. The number of thiazole rings is 1. The van der Waals surface area contributed by atoms with Gasteiger partial charge in [-0.3, -0.25) is 19.5 Å². The summed E-state index contributed by atoms with van der Waals surface area (Å²) in [6.45, 7) is 7.82. The zero-order valence-corrected chi connectivity index (χ0v) is 23.8. The maximum Gasteiger partial charge on any atom is 0.338 e. The Morgan fingerprint density at radius 1 is 1.23 bits per heavy atom. The molecule has 0 fully saturated rings. The minimum absolute atomic E-state index is 0.0812. The van der Waals surface area contributed by atoms with Crippen LogP contribution in [0.5, 0.6) is 11.5 Å². The molecule has 0 N–H and O–H groups in total. The van der Waals surface area contributed by atoms with Crippen molar-refractivity contribution in [3.05, 3.63) is 94.7 Å². The first-order chi connectivity index (χ1) is 19.1. The third kappa shape index (κ3) is 5.99. The molecule has 1 atom stereocenters. The van der Waals surface area contributed by atoms with Crippen LogP contribution in [0, 0.1) is 10.1 Å². The standard InChI is InChI=1S/C29H31N3O7S/c1-6-7-13-38-22-12-11-20(16-23(22)37-5)26-25(28(34)39-17(2)3)18(4)30-29-31(26)27(33)24(40-29)15-19-9-8-10-21(14-19)32(35)36/h8-12,14-17,26H,6-7,13H2,1-5H3/b24-15-. The molecule has 3 aromatic rings. The van der Waals surface area contributed by atoms with Gasteiger partial charge in [0.1, 0.15) is 0 Å². The molecule has 1 aliphatic heterocycles. The van der Waals surface area contributed by atoms with Crippen molar-refractivity contribution in [2.75, 3.05) is 13.7 Å². The van der Waals surface area contributed by atoms with Crippen molar-refractivity contribution in [2.24, 2.45) is 4.99 Å². The summed E-state index contributed by atoms with van der Waals surface area (Å²) >= 11 is 1.14. The lowest BCUT2D eigenvalue weighted by Gasteiger charge is -2.26. The number of nitro benzene ring substituents is 1. The number of rotatable bonds is 10. The molecule has 2 heterocycles. The second-order valence-electron chi connectivity index (χ2n) is 9.50. The number of hydrogen-bond donors (Lipinski definition) is 0. The van der Waals surface area contributed by atoms with Crippen LogP contribution in [0.15, 0.2) is 63.5 Å². The normalized spacial score (nSPS) is 15.1. The van der Waals surface area contributed by atoms with Crippen LogP contribution < -0.4 is 24.4 Å². The Bertz CT molecular complexity index is 1650. The number of unbranched alkanes of at least 4 members (excludes halogenated alkanes) is 1. The number of carbonyl (C=O) groups is 1. The maximum atomic E-state index is 13.8. The fraction of sp³-hybridized carbons (Fsp3) is 0.345. The highest BCUT2D eigenvalue weighted by atomic mass is 32.1. The molecule has 40 heavy (non-hydrogen) atoms. The summed E-state index contributed by atoms with van der Waals surface area (Å²) in [7, 11) is 1.53. The highest BCUT2D eigenvalue weighted by Crippen LogP contribution is 2.36. The van der Waals surface area contributed by atoms with Gasteiger partial charge in [0, 0.05) is 12.1 Å². The molecule has 0 amide bonds. The number of ether oxygens (including phenoxy) is 3. The summed E-state index contributed by atoms with van der Waals surface area (Å²) in [6, 6.07) is 10.5. The molecule has 1 unspecified atom stereocenters. The molecule has 210 valence electrons. The first kappa shape index (κ1) is 28.8. The van der Waals surface area contributed by atoms with Crippen molar-refractivity contribution >= 4 is 29.1 Å². The second kappa shape index (κ2) is 12.3. The lowest BCUT2D eigenvalue weighted by atomic mass is 9.95. The zero-order chi connectivity index (χ0) is 29.0. The Balaban J connectivity index is 1.90. The molecule has 0 bridgehead atoms. The van der Waals surface area contributed by atoms with Gasteiger partial charge in [-0.1, -0.05) is 42.9 Å². The summed E-state index contributed by atoms with van der Waals surface area (Å²) in [4.78, 5) is 42.9. The minimum Gasteiger partial charge on any atom is -0.493 e. The highest BCUT2D eigenvalue weighted by molar-refractivity contribution is 7.07. The number of esters is 1. The summed E-state index contributed by atoms with van der Waals surface area (Å²) < 4.78 is 18.8. The largest absolute Gasteiger partial charge is 0.493 e. The lowest BCUT2D eigenvalue weighted by Crippen LogP contribution is -2.40. The SMILES string of the molecule is CCCCOc1ccc(C2C(C(=O)OC(C)C)=C(C)N=c3s/c(=C\c4cccc([N+](=O)[O-])c4)c(=O)n32)cc1OC. The van der Waals surface area contributed by atoms with E-state index in [1.807, 2.05) is 0 Å². The Kier molecular flexibility index (Phi) is 8.83. The molecule has 0 aliphatic carbocycles. The van der Waals surface area contributed by atoms with Gasteiger partial charge in [-0.15, -0.1) is 0 Å². The maximum absolute atomic E-state index is 13.8. The van der Waals surface area contributed by atoms with Crippen molar-refractivity contribution < 1.29 is 23.9 Å². The van der Waals surface area contributed by atoms with Crippen molar-refractivity contribution in [3.8, 4) is 11.5 Å². The smallest absolute Gasteiger partial charge is 0.338 e. The van der Waals surface area contributed by atoms with Crippen LogP contribution in [0.2, 0.25) is 0 Å². The second-order valence-corrected chi connectivity index (χ2v) is 10.5. The third-order valence-electron chi connectivity index (χ3n) is 6.22. The van der Waals surface area contributed by atoms with E-state index in [1.165, 1.54) is 23.8 Å². The van der Waals surface area contributed by atoms with Crippen LogP contribution in [-0.2, 0) is 9.53 Å². The van der Waals surface area contributed by atoms with E-state index in [4.69, 9.17) is 14.2 Å². The predicted octanol–water partition coefficient (Wildman–Crippen LogP) is 4.28. The summed E-state index contributed by atoms with van der Waals surface area (Å²) in [5.74, 6) is 0.458. The molecular weight excluding hydrogens is 534 g/mol. The molecule has 0 saturated carbocycles. The fourth-order valence-electron chi connectivity index (χ4n) is 4.36. The van der Waals surface area contributed by atoms with Gasteiger partial charge in [0.2, 0.25) is 0 Å². The van der Waals surface area contributed by atoms with Crippen LogP contribution in [0.1, 0.15) is 57.7 Å². The third-order valence-corrected chi connectivity index (χ3v) is 7.20. The van der Waals surface area contributed by atoms with Crippen LogP contribution in [0.3, 0.4) is 0 Å². The number of non-ortho nitro benzene ring substituents is 1. The Morgan fingerprint density at radius 2 is 2.00 bits per heavy atom. The highest BCUT2D eigenvalue weighted by Gasteiger charge is 2.34. The topological polar surface area (TPSA) is 122 Å². The lowest BCUT2D eigenvalue weighted by molar-refractivity contribution is -0.384. The zero-order valence-electron chi connectivity index (χ0n) is 23.0. The van der Waals surface area contributed by atoms with Gasteiger partial charge in [-0.05, 0) is 56.5 Å². The molecular formula is C29H31N3O7S. The molecule has 1 aromatic heterocycles. The summed E-state index contributed by atoms with van der Waals surface area (Å²) in [5, 5.41) is 11.2. The van der Waals surface area contributed by atoms with E-state index in [9.17, 15) is 19.7 Å². The molecule has 0 saturated heterocycles. The summed E-state index contributed by atoms with van der Waals surface area (Å²) in [5.41, 5.74) is 1.33. The van der Waals surface area contributed by atoms with Gasteiger partial charge in [-0.2, -0.15) is 0 Å². The van der Waals surface area contributed by atoms with E-state index in [0.717, 1.165) is 24.2 Å². The Morgan fingerprint density at radius 3 is 2.67 bits per heavy atom. The van der Waals surface area contributed by atoms with E-state index < -0.39 is 16.9 Å². The quantitative estimate of drug-likeness (QED) is 0.156. The van der Waals surface area contributed by atoms with E-state index in [1.54, 1.807) is 57.2 Å². The van der Waals surface area contributed by atoms with Crippen molar-refractivity contribution in [1.82, 2.24) is 4.57 Å². The van der Waals surface area contributed by atoms with E-state index in [-0.39, 0.29) is 22.9 Å². The first-order valence-corrected chi connectivity index (χ1v) is 13.7. The average molecular weight is 566 g/mol. The Hall–Kier alpha value is -4.25. The van der Waals surface area contributed by atoms with Crippen molar-refractivity contribution in [3.63, 3.8) is 0 Å². The van der Waals surface area contributed by atoms with E-state index in [0.29, 0.717) is 44.3 Å². The van der Waals surface area contributed by atoms with Gasteiger partial charge in [0.15, 0.2) is 16.3 Å². The Labute approximate surface area is 235 Å². The molecule has 10 nitrogen and oxygen atoms in total. The molecule has 2 aromatic carbocycles. The molecule has 0 radical (unpaired) electrons. The fourth-order valence-corrected chi connectivity index (χ4v) is 5.40. The van der Waals surface area contributed by atoms with Crippen LogP contribution in [0.25, 0.3) is 6.08 Å². The number of carbonyl (C=O) groups excluding carboxylic acids is 1. The van der Waals surface area contributed by atoms with Gasteiger partial charge >= 0.3 is 5.97 Å². The van der Waals surface area contributed by atoms with Gasteiger partial charge in [0.05, 0.1) is 46.6 Å². The number of fused-ring (bicyclic) bond motifs is 1. The number of benzene rings is 2. The number of nitrogens with zero attached hydrogens (tertiary/aromatic N) is 3. The molecule has 4 rings (SSSR count). The minimum atomic E-state index is -0.839. The number of nitro groups is 1. The molecule has 0 spiro atoms. The number of allylic oxidation sites excluding steroid dienone is 1. The van der Waals surface area contributed by atoms with Crippen LogP contribution in [-0.4, -0.2) is 35.3 Å². The number of hydrogen-bond acceptors (Lipinski definition) is 9. The predicted molar refractivity (Wildman–Crippen MR) is 151 cm³/mol. The number of methoxy groups -OCH3 is 1. The number of aromatic nitrogens is 1. The van der Waals surface area contributed by atoms with Crippen molar-refractivity contribution in [1.29, 1.82) is 0 Å². The van der Waals surface area contributed by atoms with E-state index >= 15 is 0 Å².